The summed E-state index contributed by atoms with van der Waals surface area (Å²) in [6.07, 6.45) is 0. The molecule has 21 heavy (non-hydrogen) atoms. The van der Waals surface area contributed by atoms with Crippen LogP contribution in [0.4, 0.5) is 0 Å². The lowest BCUT2D eigenvalue weighted by molar-refractivity contribution is 0.424. The van der Waals surface area contributed by atoms with Gasteiger partial charge in [0.1, 0.15) is 0 Å². The molecular formula is C18H22BrNS. The summed E-state index contributed by atoms with van der Waals surface area (Å²) in [6.45, 7) is 9.66. The molecule has 0 atom stereocenters. The molecule has 0 bridgehead atoms. The van der Waals surface area contributed by atoms with Crippen molar-refractivity contribution in [3.63, 3.8) is 0 Å². The highest BCUT2D eigenvalue weighted by atomic mass is 79.9. The molecule has 2 aromatic carbocycles. The zero-order valence-corrected chi connectivity index (χ0v) is 15.4. The van der Waals surface area contributed by atoms with E-state index in [0.29, 0.717) is 0 Å². The summed E-state index contributed by atoms with van der Waals surface area (Å²) in [5.41, 5.74) is 2.80. The van der Waals surface area contributed by atoms with E-state index in [1.807, 2.05) is 6.07 Å². The summed E-state index contributed by atoms with van der Waals surface area (Å²) < 4.78 is 1.15. The van der Waals surface area contributed by atoms with Crippen molar-refractivity contribution in [3.8, 4) is 0 Å². The Morgan fingerprint density at radius 2 is 1.76 bits per heavy atom. The number of rotatable bonds is 4. The highest BCUT2D eigenvalue weighted by Gasteiger charge is 2.09. The van der Waals surface area contributed by atoms with Gasteiger partial charge in [-0.3, -0.25) is 0 Å². The standard InChI is InChI=1S/C18H22BrNS/c1-13-11-14(12-20-18(2,3)4)9-10-16(13)21-17-8-6-5-7-15(17)19/h5-11,20H,12H2,1-4H3. The lowest BCUT2D eigenvalue weighted by atomic mass is 10.1. The summed E-state index contributed by atoms with van der Waals surface area (Å²) in [5.74, 6) is 0. The zero-order valence-electron chi connectivity index (χ0n) is 13.0. The fourth-order valence-electron chi connectivity index (χ4n) is 1.95. The smallest absolute Gasteiger partial charge is 0.0314 e. The third-order valence-electron chi connectivity index (χ3n) is 3.12. The van der Waals surface area contributed by atoms with Crippen LogP contribution in [0.1, 0.15) is 31.9 Å². The van der Waals surface area contributed by atoms with Gasteiger partial charge in [0.15, 0.2) is 0 Å². The molecule has 0 spiro atoms. The second kappa shape index (κ2) is 6.99. The molecule has 0 aliphatic carbocycles. The van der Waals surface area contributed by atoms with Crippen LogP contribution in [0.3, 0.4) is 0 Å². The highest BCUT2D eigenvalue weighted by Crippen LogP contribution is 2.35. The van der Waals surface area contributed by atoms with Gasteiger partial charge < -0.3 is 5.32 Å². The molecule has 3 heteroatoms. The molecule has 0 aromatic heterocycles. The van der Waals surface area contributed by atoms with E-state index in [4.69, 9.17) is 0 Å². The minimum absolute atomic E-state index is 0.149. The molecule has 112 valence electrons. The van der Waals surface area contributed by atoms with Gasteiger partial charge in [0.25, 0.3) is 0 Å². The molecule has 0 amide bonds. The van der Waals surface area contributed by atoms with Crippen molar-refractivity contribution in [1.82, 2.24) is 5.32 Å². The van der Waals surface area contributed by atoms with Crippen molar-refractivity contribution in [2.75, 3.05) is 0 Å². The monoisotopic (exact) mass is 363 g/mol. The van der Waals surface area contributed by atoms with Gasteiger partial charge >= 0.3 is 0 Å². The van der Waals surface area contributed by atoms with Crippen molar-refractivity contribution >= 4 is 27.7 Å². The Kier molecular flexibility index (Phi) is 5.53. The van der Waals surface area contributed by atoms with Crippen LogP contribution in [0, 0.1) is 6.92 Å². The van der Waals surface area contributed by atoms with Gasteiger partial charge in [0.05, 0.1) is 0 Å². The van der Waals surface area contributed by atoms with Gasteiger partial charge in [-0.2, -0.15) is 0 Å². The minimum atomic E-state index is 0.149. The van der Waals surface area contributed by atoms with Crippen LogP contribution in [0.2, 0.25) is 0 Å². The Hall–Kier alpha value is -0.770. The summed E-state index contributed by atoms with van der Waals surface area (Å²) in [7, 11) is 0. The summed E-state index contributed by atoms with van der Waals surface area (Å²) in [5, 5.41) is 3.53. The molecule has 0 heterocycles. The van der Waals surface area contributed by atoms with Gasteiger partial charge in [-0.15, -0.1) is 0 Å². The maximum absolute atomic E-state index is 3.61. The largest absolute Gasteiger partial charge is 0.308 e. The lowest BCUT2D eigenvalue weighted by Crippen LogP contribution is -2.35. The summed E-state index contributed by atoms with van der Waals surface area (Å²) >= 11 is 5.41. The van der Waals surface area contributed by atoms with Gasteiger partial charge in [0, 0.05) is 26.3 Å². The number of hydrogen-bond donors (Lipinski definition) is 1. The normalized spacial score (nSPS) is 11.7. The van der Waals surface area contributed by atoms with Crippen LogP contribution in [0.15, 0.2) is 56.7 Å². The highest BCUT2D eigenvalue weighted by molar-refractivity contribution is 9.10. The first kappa shape index (κ1) is 16.6. The zero-order chi connectivity index (χ0) is 15.5. The lowest BCUT2D eigenvalue weighted by Gasteiger charge is -2.21. The third-order valence-corrected chi connectivity index (χ3v) is 5.33. The van der Waals surface area contributed by atoms with Crippen LogP contribution in [-0.4, -0.2) is 5.54 Å². The molecule has 0 aliphatic heterocycles. The van der Waals surface area contributed by atoms with Crippen LogP contribution in [-0.2, 0) is 6.54 Å². The predicted molar refractivity (Wildman–Crippen MR) is 96.0 cm³/mol. The predicted octanol–water partition coefficient (Wildman–Crippen LogP) is 5.80. The van der Waals surface area contributed by atoms with E-state index in [1.165, 1.54) is 20.9 Å². The Balaban J connectivity index is 2.11. The molecule has 2 rings (SSSR count). The number of hydrogen-bond acceptors (Lipinski definition) is 2. The maximum atomic E-state index is 3.61. The van der Waals surface area contributed by atoms with Crippen LogP contribution in [0.25, 0.3) is 0 Å². The molecule has 2 aromatic rings. The molecule has 0 saturated carbocycles. The average Bonchev–Trinajstić information content (AvgIpc) is 2.41. The van der Waals surface area contributed by atoms with E-state index in [2.05, 4.69) is 85.3 Å². The van der Waals surface area contributed by atoms with Crippen LogP contribution >= 0.6 is 27.7 Å². The second-order valence-electron chi connectivity index (χ2n) is 6.24. The van der Waals surface area contributed by atoms with Crippen molar-refractivity contribution < 1.29 is 0 Å². The summed E-state index contributed by atoms with van der Waals surface area (Å²) in [4.78, 5) is 2.56. The molecule has 0 radical (unpaired) electrons. The molecular weight excluding hydrogens is 342 g/mol. The number of nitrogens with one attached hydrogen (secondary N) is 1. The number of halogens is 1. The fraction of sp³-hybridized carbons (Fsp3) is 0.333. The summed E-state index contributed by atoms with van der Waals surface area (Å²) in [6, 6.07) is 15.1. The van der Waals surface area contributed by atoms with E-state index in [0.717, 1.165) is 11.0 Å². The van der Waals surface area contributed by atoms with E-state index < -0.39 is 0 Å². The van der Waals surface area contributed by atoms with Crippen molar-refractivity contribution in [1.29, 1.82) is 0 Å². The van der Waals surface area contributed by atoms with Gasteiger partial charge in [-0.05, 0) is 73.0 Å². The van der Waals surface area contributed by atoms with Crippen molar-refractivity contribution in [2.24, 2.45) is 0 Å². The van der Waals surface area contributed by atoms with E-state index in [9.17, 15) is 0 Å². The maximum Gasteiger partial charge on any atom is 0.0314 e. The first-order valence-electron chi connectivity index (χ1n) is 7.12. The van der Waals surface area contributed by atoms with Gasteiger partial charge in [-0.25, -0.2) is 0 Å². The molecule has 0 aliphatic rings. The first-order valence-corrected chi connectivity index (χ1v) is 8.73. The van der Waals surface area contributed by atoms with E-state index in [1.54, 1.807) is 11.8 Å². The Morgan fingerprint density at radius 1 is 1.05 bits per heavy atom. The first-order chi connectivity index (χ1) is 9.85. The van der Waals surface area contributed by atoms with Crippen LogP contribution in [0.5, 0.6) is 0 Å². The fourth-order valence-corrected chi connectivity index (χ4v) is 3.38. The molecule has 0 fully saturated rings. The van der Waals surface area contributed by atoms with Crippen molar-refractivity contribution in [2.45, 2.75) is 49.6 Å². The molecule has 1 nitrogen and oxygen atoms in total. The number of aryl methyl sites for hydroxylation is 1. The Labute approximate surface area is 140 Å². The van der Waals surface area contributed by atoms with E-state index >= 15 is 0 Å². The van der Waals surface area contributed by atoms with Gasteiger partial charge in [-0.1, -0.05) is 36.0 Å². The Morgan fingerprint density at radius 3 is 2.38 bits per heavy atom. The minimum Gasteiger partial charge on any atom is -0.308 e. The topological polar surface area (TPSA) is 12.0 Å². The molecule has 1 N–H and O–H groups in total. The average molecular weight is 364 g/mol. The Bertz CT molecular complexity index is 617. The third kappa shape index (κ3) is 5.17. The van der Waals surface area contributed by atoms with Gasteiger partial charge in [0.2, 0.25) is 0 Å². The van der Waals surface area contributed by atoms with E-state index in [-0.39, 0.29) is 5.54 Å². The quantitative estimate of drug-likeness (QED) is 0.736. The van der Waals surface area contributed by atoms with Crippen LogP contribution < -0.4 is 5.32 Å². The number of benzene rings is 2. The van der Waals surface area contributed by atoms with Crippen molar-refractivity contribution in [3.05, 3.63) is 58.1 Å². The second-order valence-corrected chi connectivity index (χ2v) is 8.17. The SMILES string of the molecule is Cc1cc(CNC(C)(C)C)ccc1Sc1ccccc1Br. The molecule has 0 unspecified atom stereocenters. The molecule has 0 saturated heterocycles.